The van der Waals surface area contributed by atoms with Gasteiger partial charge in [0.1, 0.15) is 6.61 Å². The van der Waals surface area contributed by atoms with Gasteiger partial charge in [-0.25, -0.2) is 4.98 Å². The number of hydrogen-bond donors (Lipinski definition) is 2. The molecule has 1 aromatic carbocycles. The van der Waals surface area contributed by atoms with E-state index in [0.717, 1.165) is 21.0 Å². The van der Waals surface area contributed by atoms with Crippen LogP contribution in [0.4, 0.5) is 0 Å². The number of aliphatic hydroxyl groups excluding tert-OH is 1. The number of carbonyl (C=O) groups excluding carboxylic acids is 1. The van der Waals surface area contributed by atoms with Gasteiger partial charge in [0.2, 0.25) is 0 Å². The molecule has 0 bridgehead atoms. The molecule has 108 valence electrons. The maximum atomic E-state index is 12.1. The van der Waals surface area contributed by atoms with Gasteiger partial charge in [0, 0.05) is 22.2 Å². The zero-order valence-electron chi connectivity index (χ0n) is 11.9. The molecule has 0 saturated carbocycles. The fourth-order valence-corrected chi connectivity index (χ4v) is 2.52. The molecule has 5 heteroatoms. The van der Waals surface area contributed by atoms with Crippen LogP contribution in [-0.2, 0) is 6.54 Å². The van der Waals surface area contributed by atoms with Gasteiger partial charge in [-0.2, -0.15) is 0 Å². The molecule has 0 saturated heterocycles. The summed E-state index contributed by atoms with van der Waals surface area (Å²) in [5.74, 6) is 5.30. The molecule has 2 rings (SSSR count). The number of benzene rings is 1. The minimum atomic E-state index is -0.194. The zero-order chi connectivity index (χ0) is 15.2. The molecule has 2 aromatic rings. The second-order valence-electron chi connectivity index (χ2n) is 4.52. The molecule has 0 spiro atoms. The van der Waals surface area contributed by atoms with Crippen molar-refractivity contribution in [3.63, 3.8) is 0 Å². The topological polar surface area (TPSA) is 62.2 Å². The lowest BCUT2D eigenvalue weighted by Gasteiger charge is -2.05. The minimum Gasteiger partial charge on any atom is -0.384 e. The van der Waals surface area contributed by atoms with E-state index in [-0.39, 0.29) is 12.5 Å². The zero-order valence-corrected chi connectivity index (χ0v) is 12.8. The summed E-state index contributed by atoms with van der Waals surface area (Å²) < 4.78 is 0. The predicted molar refractivity (Wildman–Crippen MR) is 83.2 cm³/mol. The second-order valence-corrected chi connectivity index (χ2v) is 5.84. The van der Waals surface area contributed by atoms with Crippen LogP contribution in [0.1, 0.15) is 31.4 Å². The van der Waals surface area contributed by atoms with Gasteiger partial charge >= 0.3 is 0 Å². The van der Waals surface area contributed by atoms with Crippen molar-refractivity contribution >= 4 is 17.2 Å². The monoisotopic (exact) mass is 300 g/mol. The quantitative estimate of drug-likeness (QED) is 0.853. The molecule has 1 aromatic heterocycles. The first-order valence-corrected chi connectivity index (χ1v) is 7.31. The van der Waals surface area contributed by atoms with E-state index < -0.39 is 0 Å². The average molecular weight is 300 g/mol. The molecule has 0 radical (unpaired) electrons. The number of rotatable bonds is 3. The van der Waals surface area contributed by atoms with E-state index in [9.17, 15) is 4.79 Å². The van der Waals surface area contributed by atoms with Crippen molar-refractivity contribution in [3.05, 3.63) is 51.0 Å². The van der Waals surface area contributed by atoms with Gasteiger partial charge in [0.05, 0.1) is 11.6 Å². The number of hydrogen-bond acceptors (Lipinski definition) is 4. The van der Waals surface area contributed by atoms with Crippen molar-refractivity contribution < 1.29 is 9.90 Å². The maximum Gasteiger partial charge on any atom is 0.251 e. The van der Waals surface area contributed by atoms with Crippen molar-refractivity contribution in [1.82, 2.24) is 10.3 Å². The van der Waals surface area contributed by atoms with Crippen LogP contribution in [-0.4, -0.2) is 22.6 Å². The first kappa shape index (κ1) is 15.2. The van der Waals surface area contributed by atoms with Crippen LogP contribution in [0.15, 0.2) is 24.4 Å². The highest BCUT2D eigenvalue weighted by atomic mass is 32.1. The molecular formula is C16H16N2O2S. The second kappa shape index (κ2) is 7.02. The van der Waals surface area contributed by atoms with Crippen molar-refractivity contribution in [2.75, 3.05) is 6.61 Å². The number of amides is 1. The molecule has 1 heterocycles. The summed E-state index contributed by atoms with van der Waals surface area (Å²) in [6, 6.07) is 5.37. The van der Waals surface area contributed by atoms with Crippen molar-refractivity contribution in [1.29, 1.82) is 0 Å². The van der Waals surface area contributed by atoms with Gasteiger partial charge in [-0.1, -0.05) is 17.9 Å². The van der Waals surface area contributed by atoms with Crippen LogP contribution in [0.3, 0.4) is 0 Å². The normalized spacial score (nSPS) is 9.86. The lowest BCUT2D eigenvalue weighted by molar-refractivity contribution is 0.0951. The Morgan fingerprint density at radius 2 is 2.24 bits per heavy atom. The van der Waals surface area contributed by atoms with E-state index in [1.807, 2.05) is 19.9 Å². The summed E-state index contributed by atoms with van der Waals surface area (Å²) in [6.07, 6.45) is 1.77. The Hall–Kier alpha value is -2.16. The van der Waals surface area contributed by atoms with E-state index in [0.29, 0.717) is 12.1 Å². The smallest absolute Gasteiger partial charge is 0.251 e. The highest BCUT2D eigenvalue weighted by Gasteiger charge is 2.08. The molecule has 0 fully saturated rings. The summed E-state index contributed by atoms with van der Waals surface area (Å²) in [5, 5.41) is 12.6. The largest absolute Gasteiger partial charge is 0.384 e. The number of aromatic nitrogens is 1. The Morgan fingerprint density at radius 1 is 1.43 bits per heavy atom. The number of aryl methyl sites for hydroxylation is 2. The van der Waals surface area contributed by atoms with Crippen LogP contribution < -0.4 is 5.32 Å². The number of aliphatic hydroxyl groups is 1. The highest BCUT2D eigenvalue weighted by Crippen LogP contribution is 2.13. The molecule has 0 aliphatic heterocycles. The van der Waals surface area contributed by atoms with Crippen molar-refractivity contribution in [2.24, 2.45) is 0 Å². The third-order valence-corrected chi connectivity index (χ3v) is 3.81. The first-order valence-electron chi connectivity index (χ1n) is 6.50. The van der Waals surface area contributed by atoms with Crippen LogP contribution in [0, 0.1) is 25.7 Å². The summed E-state index contributed by atoms with van der Waals surface area (Å²) in [6.45, 7) is 4.13. The fraction of sp³-hybridized carbons (Fsp3) is 0.250. The predicted octanol–water partition coefficient (Wildman–Crippen LogP) is 2.03. The summed E-state index contributed by atoms with van der Waals surface area (Å²) >= 11 is 1.57. The Balaban J connectivity index is 2.08. The van der Waals surface area contributed by atoms with Gasteiger partial charge in [0.25, 0.3) is 5.91 Å². The van der Waals surface area contributed by atoms with E-state index in [4.69, 9.17) is 5.11 Å². The molecule has 21 heavy (non-hydrogen) atoms. The molecule has 1 amide bonds. The van der Waals surface area contributed by atoms with E-state index in [1.165, 1.54) is 0 Å². The lowest BCUT2D eigenvalue weighted by Crippen LogP contribution is -2.22. The third-order valence-electron chi connectivity index (χ3n) is 2.89. The summed E-state index contributed by atoms with van der Waals surface area (Å²) in [4.78, 5) is 17.3. The molecule has 0 unspecified atom stereocenters. The standard InChI is InChI=1S/C16H16N2O2S/c1-11-5-6-14(8-13(11)4-3-7-19)16(20)18-10-15-9-17-12(2)21-15/h5-6,8-9,19H,7,10H2,1-2H3,(H,18,20). The number of nitrogens with zero attached hydrogens (tertiary/aromatic N) is 1. The van der Waals surface area contributed by atoms with Gasteiger partial charge in [0.15, 0.2) is 0 Å². The fourth-order valence-electron chi connectivity index (χ4n) is 1.79. The van der Waals surface area contributed by atoms with Gasteiger partial charge < -0.3 is 10.4 Å². The molecule has 0 atom stereocenters. The van der Waals surface area contributed by atoms with Gasteiger partial charge in [-0.3, -0.25) is 4.79 Å². The van der Waals surface area contributed by atoms with E-state index in [1.54, 1.807) is 29.7 Å². The van der Waals surface area contributed by atoms with Crippen molar-refractivity contribution in [3.8, 4) is 11.8 Å². The maximum absolute atomic E-state index is 12.1. The number of thiazole rings is 1. The van der Waals surface area contributed by atoms with Gasteiger partial charge in [-0.05, 0) is 31.5 Å². The number of nitrogens with one attached hydrogen (secondary N) is 1. The third kappa shape index (κ3) is 4.15. The van der Waals surface area contributed by atoms with Crippen LogP contribution in [0.25, 0.3) is 0 Å². The summed E-state index contributed by atoms with van der Waals surface area (Å²) in [5.41, 5.74) is 2.29. The lowest BCUT2D eigenvalue weighted by atomic mass is 10.0. The molecule has 4 nitrogen and oxygen atoms in total. The Bertz CT molecular complexity index is 711. The Labute approximate surface area is 127 Å². The van der Waals surface area contributed by atoms with E-state index >= 15 is 0 Å². The highest BCUT2D eigenvalue weighted by molar-refractivity contribution is 7.11. The average Bonchev–Trinajstić information content (AvgIpc) is 2.89. The van der Waals surface area contributed by atoms with Crippen LogP contribution >= 0.6 is 11.3 Å². The molecule has 2 N–H and O–H groups in total. The minimum absolute atomic E-state index is 0.145. The molecule has 0 aliphatic rings. The SMILES string of the molecule is Cc1ncc(CNC(=O)c2ccc(C)c(C#CCO)c2)s1. The molecule has 0 aliphatic carbocycles. The Morgan fingerprint density at radius 3 is 2.90 bits per heavy atom. The summed E-state index contributed by atoms with van der Waals surface area (Å²) in [7, 11) is 0. The first-order chi connectivity index (χ1) is 10.1. The number of carbonyl (C=O) groups is 1. The van der Waals surface area contributed by atoms with Crippen LogP contribution in [0.5, 0.6) is 0 Å². The van der Waals surface area contributed by atoms with Crippen LogP contribution in [0.2, 0.25) is 0 Å². The van der Waals surface area contributed by atoms with Crippen molar-refractivity contribution in [2.45, 2.75) is 20.4 Å². The van der Waals surface area contributed by atoms with E-state index in [2.05, 4.69) is 22.1 Å². The van der Waals surface area contributed by atoms with Gasteiger partial charge in [-0.15, -0.1) is 11.3 Å². The Kier molecular flexibility index (Phi) is 5.09. The molecular weight excluding hydrogens is 284 g/mol.